The van der Waals surface area contributed by atoms with E-state index < -0.39 is 5.82 Å². The number of imidazole rings is 1. The molecule has 6 nitrogen and oxygen atoms in total. The normalized spacial score (nSPS) is 10.6. The molecule has 0 saturated heterocycles. The van der Waals surface area contributed by atoms with Crippen molar-refractivity contribution in [1.29, 1.82) is 0 Å². The topological polar surface area (TPSA) is 68.5 Å². The van der Waals surface area contributed by atoms with Crippen LogP contribution < -0.4 is 5.32 Å². The van der Waals surface area contributed by atoms with Crippen LogP contribution in [0.15, 0.2) is 41.4 Å². The highest BCUT2D eigenvalue weighted by molar-refractivity contribution is 9.10. The van der Waals surface area contributed by atoms with Gasteiger partial charge in [0.25, 0.3) is 0 Å². The average molecular weight is 370 g/mol. The Hall–Kier alpha value is -2.06. The molecule has 0 amide bonds. The van der Waals surface area contributed by atoms with E-state index in [0.29, 0.717) is 0 Å². The van der Waals surface area contributed by atoms with E-state index in [4.69, 9.17) is 11.6 Å². The number of benzene rings is 1. The summed E-state index contributed by atoms with van der Waals surface area (Å²) in [6.45, 7) is 0. The lowest BCUT2D eigenvalue weighted by Gasteiger charge is -2.08. The number of halogens is 3. The first-order chi connectivity index (χ1) is 10.1. The molecule has 2 aromatic heterocycles. The zero-order valence-electron chi connectivity index (χ0n) is 10.3. The van der Waals surface area contributed by atoms with Gasteiger partial charge in [0.1, 0.15) is 12.1 Å². The van der Waals surface area contributed by atoms with E-state index in [1.807, 2.05) is 0 Å². The third-order valence-electron chi connectivity index (χ3n) is 2.51. The van der Waals surface area contributed by atoms with E-state index in [1.54, 1.807) is 29.1 Å². The summed E-state index contributed by atoms with van der Waals surface area (Å²) in [7, 11) is 0. The van der Waals surface area contributed by atoms with E-state index in [9.17, 15) is 4.39 Å². The smallest absolute Gasteiger partial charge is 0.241 e. The fourth-order valence-electron chi connectivity index (χ4n) is 1.60. The minimum Gasteiger partial charge on any atom is -0.321 e. The van der Waals surface area contributed by atoms with Gasteiger partial charge >= 0.3 is 0 Å². The van der Waals surface area contributed by atoms with Gasteiger partial charge in [-0.25, -0.2) is 9.37 Å². The maximum atomic E-state index is 13.7. The second-order valence-corrected chi connectivity index (χ2v) is 5.20. The van der Waals surface area contributed by atoms with Crippen molar-refractivity contribution < 1.29 is 4.39 Å². The molecule has 21 heavy (non-hydrogen) atoms. The van der Waals surface area contributed by atoms with Crippen molar-refractivity contribution in [3.63, 3.8) is 0 Å². The minimum atomic E-state index is -0.432. The molecule has 1 aromatic carbocycles. The Kier molecular flexibility index (Phi) is 3.80. The molecule has 0 saturated carbocycles. The minimum absolute atomic E-state index is 0.00777. The molecular weight excluding hydrogens is 363 g/mol. The summed E-state index contributed by atoms with van der Waals surface area (Å²) < 4.78 is 16.0. The van der Waals surface area contributed by atoms with E-state index in [1.165, 1.54) is 12.4 Å². The molecule has 3 rings (SSSR count). The molecule has 0 aliphatic carbocycles. The van der Waals surface area contributed by atoms with E-state index in [2.05, 4.69) is 41.2 Å². The third kappa shape index (κ3) is 3.17. The van der Waals surface area contributed by atoms with Gasteiger partial charge in [0.15, 0.2) is 0 Å². The van der Waals surface area contributed by atoms with Gasteiger partial charge in [-0.05, 0) is 29.8 Å². The lowest BCUT2D eigenvalue weighted by Crippen LogP contribution is -2.06. The van der Waals surface area contributed by atoms with Crippen molar-refractivity contribution in [2.45, 2.75) is 0 Å². The van der Waals surface area contributed by atoms with E-state index >= 15 is 0 Å². The number of anilines is 2. The number of nitrogens with zero attached hydrogens (tertiary/aromatic N) is 5. The van der Waals surface area contributed by atoms with Gasteiger partial charge in [0, 0.05) is 16.9 Å². The standard InChI is InChI=1S/C12H7BrClFN6/c13-7-1-2-8(15)9(5-7)17-11-18-10(14)19-12(20-11)21-4-3-16-6-21/h1-6H,(H,17,18,19,20). The third-order valence-corrected chi connectivity index (χ3v) is 3.17. The van der Waals surface area contributed by atoms with Crippen LogP contribution in [0.4, 0.5) is 16.0 Å². The fourth-order valence-corrected chi connectivity index (χ4v) is 2.12. The Morgan fingerprint density at radius 1 is 1.24 bits per heavy atom. The zero-order chi connectivity index (χ0) is 14.8. The van der Waals surface area contributed by atoms with Crippen LogP contribution in [0.3, 0.4) is 0 Å². The van der Waals surface area contributed by atoms with Crippen LogP contribution >= 0.6 is 27.5 Å². The van der Waals surface area contributed by atoms with Crippen molar-refractivity contribution in [2.75, 3.05) is 5.32 Å². The van der Waals surface area contributed by atoms with Crippen LogP contribution in [0, 0.1) is 5.82 Å². The molecule has 0 aliphatic rings. The summed E-state index contributed by atoms with van der Waals surface area (Å²) in [6.07, 6.45) is 4.77. The number of rotatable bonds is 3. The summed E-state index contributed by atoms with van der Waals surface area (Å²) in [5.41, 5.74) is 0.225. The molecule has 0 fully saturated rings. The van der Waals surface area contributed by atoms with Crippen LogP contribution in [0.2, 0.25) is 5.28 Å². The molecule has 0 unspecified atom stereocenters. The highest BCUT2D eigenvalue weighted by Gasteiger charge is 2.09. The highest BCUT2D eigenvalue weighted by Crippen LogP contribution is 2.23. The lowest BCUT2D eigenvalue weighted by molar-refractivity contribution is 0.631. The summed E-state index contributed by atoms with van der Waals surface area (Å²) in [5, 5.41) is 2.76. The molecule has 0 aliphatic heterocycles. The van der Waals surface area contributed by atoms with Gasteiger partial charge in [-0.1, -0.05) is 15.9 Å². The first kappa shape index (κ1) is 13.9. The molecular formula is C12H7BrClFN6. The maximum Gasteiger partial charge on any atom is 0.241 e. The van der Waals surface area contributed by atoms with Crippen molar-refractivity contribution in [3.8, 4) is 5.95 Å². The molecule has 0 bridgehead atoms. The predicted molar refractivity (Wildman–Crippen MR) is 79.3 cm³/mol. The number of hydrogen-bond donors (Lipinski definition) is 1. The van der Waals surface area contributed by atoms with Gasteiger partial charge in [0.2, 0.25) is 17.2 Å². The Balaban J connectivity index is 1.97. The van der Waals surface area contributed by atoms with Crippen LogP contribution in [0.5, 0.6) is 0 Å². The predicted octanol–water partition coefficient (Wildman–Crippen LogP) is 3.36. The Bertz CT molecular complexity index is 779. The largest absolute Gasteiger partial charge is 0.321 e. The highest BCUT2D eigenvalue weighted by atomic mass is 79.9. The SMILES string of the molecule is Fc1ccc(Br)cc1Nc1nc(Cl)nc(-n2ccnc2)n1. The maximum absolute atomic E-state index is 13.7. The molecule has 0 atom stereocenters. The van der Waals surface area contributed by atoms with Gasteiger partial charge in [-0.15, -0.1) is 0 Å². The van der Waals surface area contributed by atoms with Crippen molar-refractivity contribution in [2.24, 2.45) is 0 Å². The molecule has 2 heterocycles. The Morgan fingerprint density at radius 3 is 2.86 bits per heavy atom. The second kappa shape index (κ2) is 5.74. The monoisotopic (exact) mass is 368 g/mol. The first-order valence-electron chi connectivity index (χ1n) is 5.74. The number of nitrogens with one attached hydrogen (secondary N) is 1. The van der Waals surface area contributed by atoms with Crippen LogP contribution in [-0.2, 0) is 0 Å². The Morgan fingerprint density at radius 2 is 2.10 bits per heavy atom. The number of hydrogen-bond acceptors (Lipinski definition) is 5. The Labute approximate surface area is 132 Å². The summed E-state index contributed by atoms with van der Waals surface area (Å²) in [4.78, 5) is 16.0. The van der Waals surface area contributed by atoms with Crippen LogP contribution in [-0.4, -0.2) is 24.5 Å². The van der Waals surface area contributed by atoms with Gasteiger partial charge in [-0.2, -0.15) is 15.0 Å². The first-order valence-corrected chi connectivity index (χ1v) is 6.91. The lowest BCUT2D eigenvalue weighted by atomic mass is 10.3. The molecule has 106 valence electrons. The molecule has 0 spiro atoms. The fraction of sp³-hybridized carbons (Fsp3) is 0. The number of aromatic nitrogens is 5. The molecule has 1 N–H and O–H groups in total. The zero-order valence-corrected chi connectivity index (χ0v) is 12.7. The van der Waals surface area contributed by atoms with Crippen LogP contribution in [0.1, 0.15) is 0 Å². The van der Waals surface area contributed by atoms with E-state index in [0.717, 1.165) is 4.47 Å². The van der Waals surface area contributed by atoms with Gasteiger partial charge in [-0.3, -0.25) is 4.57 Å². The van der Waals surface area contributed by atoms with Crippen molar-refractivity contribution >= 4 is 39.2 Å². The second-order valence-electron chi connectivity index (χ2n) is 3.95. The van der Waals surface area contributed by atoms with Crippen molar-refractivity contribution in [1.82, 2.24) is 24.5 Å². The van der Waals surface area contributed by atoms with Gasteiger partial charge < -0.3 is 5.32 Å². The van der Waals surface area contributed by atoms with Crippen LogP contribution in [0.25, 0.3) is 5.95 Å². The molecule has 0 radical (unpaired) electrons. The van der Waals surface area contributed by atoms with E-state index in [-0.39, 0.29) is 22.9 Å². The average Bonchev–Trinajstić information content (AvgIpc) is 2.96. The molecule has 9 heteroatoms. The van der Waals surface area contributed by atoms with Crippen molar-refractivity contribution in [3.05, 3.63) is 52.5 Å². The summed E-state index contributed by atoms with van der Waals surface area (Å²) in [5.74, 6) is -0.0139. The van der Waals surface area contributed by atoms with Gasteiger partial charge in [0.05, 0.1) is 5.69 Å². The summed E-state index contributed by atoms with van der Waals surface area (Å²) >= 11 is 9.14. The molecule has 3 aromatic rings. The summed E-state index contributed by atoms with van der Waals surface area (Å²) in [6, 6.07) is 4.49. The quantitative estimate of drug-likeness (QED) is 0.767.